The number of carboxylic acids is 1. The predicted molar refractivity (Wildman–Crippen MR) is 91.2 cm³/mol. The lowest BCUT2D eigenvalue weighted by Crippen LogP contribution is -2.32. The quantitative estimate of drug-likeness (QED) is 0.492. The highest BCUT2D eigenvalue weighted by Crippen LogP contribution is 2.31. The number of aryl methyl sites for hydroxylation is 1. The lowest BCUT2D eigenvalue weighted by Gasteiger charge is -2.21. The Balaban J connectivity index is 2.74. The monoisotopic (exact) mass is 360 g/mol. The summed E-state index contributed by atoms with van der Waals surface area (Å²) in [6, 6.07) is 4.46. The van der Waals surface area contributed by atoms with Crippen LogP contribution in [0, 0.1) is 0 Å². The van der Waals surface area contributed by atoms with Crippen molar-refractivity contribution in [1.29, 1.82) is 0 Å². The second-order valence-electron chi connectivity index (χ2n) is 6.27. The summed E-state index contributed by atoms with van der Waals surface area (Å²) in [5.41, 5.74) is 0.293. The van der Waals surface area contributed by atoms with E-state index in [1.165, 1.54) is 25.3 Å². The van der Waals surface area contributed by atoms with Gasteiger partial charge in [-0.15, -0.1) is 0 Å². The fourth-order valence-electron chi connectivity index (χ4n) is 2.61. The number of unbranched alkanes of at least 4 members (excludes halogenated alkanes) is 6. The molecule has 0 aromatic heterocycles. The number of carboxylic acid groups (broad SMARTS) is 1. The molecule has 6 heteroatoms. The molecule has 0 radical (unpaired) electrons. The standard InChI is InChI=1S/C19H27F3O3/c1-3-4-5-6-7-8-9-11-15-12-10-13-16(18(23)24)17(15)25-14(2)19(20,21)22/h10,12-14H,3-9,11H2,1-2H3,(H,23,24)/t14-/m0/s1. The predicted octanol–water partition coefficient (Wildman–Crippen LogP) is 6.01. The van der Waals surface area contributed by atoms with Crippen molar-refractivity contribution in [2.24, 2.45) is 0 Å². The van der Waals surface area contributed by atoms with Gasteiger partial charge >= 0.3 is 12.1 Å². The molecular weight excluding hydrogens is 333 g/mol. The summed E-state index contributed by atoms with van der Waals surface area (Å²) >= 11 is 0. The van der Waals surface area contributed by atoms with E-state index in [9.17, 15) is 23.1 Å². The van der Waals surface area contributed by atoms with Crippen molar-refractivity contribution in [2.75, 3.05) is 0 Å². The summed E-state index contributed by atoms with van der Waals surface area (Å²) in [5, 5.41) is 9.24. The van der Waals surface area contributed by atoms with Crippen molar-refractivity contribution in [1.82, 2.24) is 0 Å². The van der Waals surface area contributed by atoms with E-state index in [0.29, 0.717) is 12.0 Å². The molecule has 0 amide bonds. The maximum atomic E-state index is 12.8. The normalized spacial score (nSPS) is 12.8. The summed E-state index contributed by atoms with van der Waals surface area (Å²) in [5.74, 6) is -1.45. The van der Waals surface area contributed by atoms with Crippen LogP contribution in [0.25, 0.3) is 0 Å². The second-order valence-corrected chi connectivity index (χ2v) is 6.27. The van der Waals surface area contributed by atoms with E-state index in [1.807, 2.05) is 0 Å². The number of hydrogen-bond donors (Lipinski definition) is 1. The third-order valence-electron chi connectivity index (χ3n) is 4.13. The van der Waals surface area contributed by atoms with Gasteiger partial charge in [0.05, 0.1) is 0 Å². The molecule has 0 aliphatic rings. The van der Waals surface area contributed by atoms with E-state index in [2.05, 4.69) is 6.92 Å². The van der Waals surface area contributed by atoms with Gasteiger partial charge in [0.2, 0.25) is 0 Å². The average Bonchev–Trinajstić information content (AvgIpc) is 2.54. The Labute approximate surface area is 147 Å². The van der Waals surface area contributed by atoms with Crippen LogP contribution in [0.15, 0.2) is 18.2 Å². The molecule has 1 aromatic carbocycles. The van der Waals surface area contributed by atoms with E-state index < -0.39 is 18.2 Å². The van der Waals surface area contributed by atoms with Gasteiger partial charge in [-0.05, 0) is 31.4 Å². The summed E-state index contributed by atoms with van der Waals surface area (Å²) in [6.45, 7) is 3.04. The number of alkyl halides is 3. The lowest BCUT2D eigenvalue weighted by molar-refractivity contribution is -0.189. The van der Waals surface area contributed by atoms with E-state index in [1.54, 1.807) is 12.1 Å². The Bertz CT molecular complexity index is 541. The molecule has 1 rings (SSSR count). The van der Waals surface area contributed by atoms with Gasteiger partial charge in [0, 0.05) is 0 Å². The van der Waals surface area contributed by atoms with Gasteiger partial charge in [-0.1, -0.05) is 57.6 Å². The molecule has 0 aliphatic carbocycles. The van der Waals surface area contributed by atoms with E-state index in [4.69, 9.17) is 4.74 Å². The van der Waals surface area contributed by atoms with Gasteiger partial charge in [0.25, 0.3) is 0 Å². The lowest BCUT2D eigenvalue weighted by atomic mass is 10.0. The van der Waals surface area contributed by atoms with Crippen molar-refractivity contribution in [3.8, 4) is 5.75 Å². The van der Waals surface area contributed by atoms with Crippen LogP contribution in [-0.2, 0) is 6.42 Å². The minimum atomic E-state index is -4.54. The van der Waals surface area contributed by atoms with Gasteiger partial charge in [-0.3, -0.25) is 0 Å². The SMILES string of the molecule is CCCCCCCCCc1cccc(C(=O)O)c1O[C@@H](C)C(F)(F)F. The van der Waals surface area contributed by atoms with Crippen LogP contribution in [0.5, 0.6) is 5.75 Å². The van der Waals surface area contributed by atoms with Crippen LogP contribution in [0.1, 0.15) is 74.7 Å². The minimum Gasteiger partial charge on any atom is -0.480 e. The molecule has 0 saturated heterocycles. The molecule has 0 aliphatic heterocycles. The molecule has 1 atom stereocenters. The number of carbonyl (C=O) groups is 1. The Kier molecular flexibility index (Phi) is 8.79. The molecule has 1 aromatic rings. The summed E-state index contributed by atoms with van der Waals surface area (Å²) in [4.78, 5) is 11.3. The van der Waals surface area contributed by atoms with Crippen LogP contribution in [-0.4, -0.2) is 23.4 Å². The van der Waals surface area contributed by atoms with Crippen molar-refractivity contribution >= 4 is 5.97 Å². The summed E-state index contributed by atoms with van der Waals surface area (Å²) in [6.07, 6.45) is 1.50. The van der Waals surface area contributed by atoms with Gasteiger partial charge < -0.3 is 9.84 Å². The number of rotatable bonds is 11. The van der Waals surface area contributed by atoms with Crippen LogP contribution >= 0.6 is 0 Å². The third-order valence-corrected chi connectivity index (χ3v) is 4.13. The number of hydrogen-bond acceptors (Lipinski definition) is 2. The first-order valence-corrected chi connectivity index (χ1v) is 8.86. The summed E-state index contributed by atoms with van der Waals surface area (Å²) < 4.78 is 43.3. The number of halogens is 3. The Morgan fingerprint density at radius 1 is 1.12 bits per heavy atom. The summed E-state index contributed by atoms with van der Waals surface area (Å²) in [7, 11) is 0. The molecule has 1 N–H and O–H groups in total. The zero-order chi connectivity index (χ0) is 18.9. The molecule has 0 saturated carbocycles. The first kappa shape index (κ1) is 21.3. The highest BCUT2D eigenvalue weighted by Gasteiger charge is 2.39. The maximum absolute atomic E-state index is 12.8. The smallest absolute Gasteiger partial charge is 0.425 e. The van der Waals surface area contributed by atoms with Crippen LogP contribution in [0.3, 0.4) is 0 Å². The van der Waals surface area contributed by atoms with Crippen molar-refractivity contribution in [3.63, 3.8) is 0 Å². The zero-order valence-corrected chi connectivity index (χ0v) is 14.9. The van der Waals surface area contributed by atoms with Gasteiger partial charge in [-0.2, -0.15) is 13.2 Å². The molecule has 0 heterocycles. The molecule has 3 nitrogen and oxygen atoms in total. The third kappa shape index (κ3) is 7.36. The molecule has 0 unspecified atom stereocenters. The van der Waals surface area contributed by atoms with E-state index in [-0.39, 0.29) is 11.3 Å². The highest BCUT2D eigenvalue weighted by molar-refractivity contribution is 5.91. The highest BCUT2D eigenvalue weighted by atomic mass is 19.4. The van der Waals surface area contributed by atoms with E-state index >= 15 is 0 Å². The van der Waals surface area contributed by atoms with Gasteiger partial charge in [0.1, 0.15) is 11.3 Å². The zero-order valence-electron chi connectivity index (χ0n) is 14.9. The minimum absolute atomic E-state index is 0.161. The molecule has 142 valence electrons. The van der Waals surface area contributed by atoms with Crippen molar-refractivity contribution in [2.45, 2.75) is 77.5 Å². The average molecular weight is 360 g/mol. The van der Waals surface area contributed by atoms with Gasteiger partial charge in [0.15, 0.2) is 6.10 Å². The Morgan fingerprint density at radius 2 is 1.72 bits per heavy atom. The molecule has 25 heavy (non-hydrogen) atoms. The first-order chi connectivity index (χ1) is 11.8. The number of aromatic carboxylic acids is 1. The first-order valence-electron chi connectivity index (χ1n) is 8.86. The van der Waals surface area contributed by atoms with E-state index in [0.717, 1.165) is 32.6 Å². The number of para-hydroxylation sites is 1. The Hall–Kier alpha value is -1.72. The second kappa shape index (κ2) is 10.3. The van der Waals surface area contributed by atoms with Crippen LogP contribution < -0.4 is 4.74 Å². The van der Waals surface area contributed by atoms with Gasteiger partial charge in [-0.25, -0.2) is 4.79 Å². The fraction of sp³-hybridized carbons (Fsp3) is 0.632. The Morgan fingerprint density at radius 3 is 2.28 bits per heavy atom. The largest absolute Gasteiger partial charge is 0.480 e. The maximum Gasteiger partial charge on any atom is 0.425 e. The van der Waals surface area contributed by atoms with Crippen LogP contribution in [0.4, 0.5) is 13.2 Å². The molecular formula is C19H27F3O3. The van der Waals surface area contributed by atoms with Crippen molar-refractivity contribution < 1.29 is 27.8 Å². The molecule has 0 spiro atoms. The molecule has 0 bridgehead atoms. The molecule has 0 fully saturated rings. The van der Waals surface area contributed by atoms with Crippen molar-refractivity contribution in [3.05, 3.63) is 29.3 Å². The number of ether oxygens (including phenoxy) is 1. The fourth-order valence-corrected chi connectivity index (χ4v) is 2.61. The number of benzene rings is 1. The van der Waals surface area contributed by atoms with Crippen LogP contribution in [0.2, 0.25) is 0 Å². The topological polar surface area (TPSA) is 46.5 Å².